The lowest BCUT2D eigenvalue weighted by Gasteiger charge is -2.42. The van der Waals surface area contributed by atoms with E-state index in [1.54, 1.807) is 0 Å². The molecule has 3 aliphatic rings. The molecular formula is C17H30N2O. The largest absolute Gasteiger partial charge is 0.379 e. The molecule has 0 aromatic carbocycles. The molecule has 3 heteroatoms. The molecule has 0 radical (unpaired) electrons. The van der Waals surface area contributed by atoms with Gasteiger partial charge in [-0.1, -0.05) is 12.2 Å². The molecule has 20 heavy (non-hydrogen) atoms. The standard InChI is InChI=1S/C17H30N2O/c1-13(16-11-14-4-5-15(16)10-14)18-12-17(2,3)19-6-8-20-9-7-19/h4-5,13-16,18H,6-12H2,1-3H3. The molecule has 1 saturated heterocycles. The van der Waals surface area contributed by atoms with Gasteiger partial charge in [0.15, 0.2) is 0 Å². The van der Waals surface area contributed by atoms with E-state index in [0.717, 1.165) is 50.6 Å². The van der Waals surface area contributed by atoms with E-state index in [2.05, 4.69) is 43.1 Å². The van der Waals surface area contributed by atoms with Gasteiger partial charge in [0.05, 0.1) is 13.2 Å². The Morgan fingerprint density at radius 3 is 2.60 bits per heavy atom. The second-order valence-electron chi connectivity index (χ2n) is 7.53. The molecule has 2 bridgehead atoms. The molecule has 2 aliphatic carbocycles. The Kier molecular flexibility index (Phi) is 4.21. The first-order chi connectivity index (χ1) is 9.56. The van der Waals surface area contributed by atoms with Gasteiger partial charge in [-0.2, -0.15) is 0 Å². The molecule has 4 atom stereocenters. The number of ether oxygens (including phenoxy) is 1. The predicted octanol–water partition coefficient (Wildman–Crippen LogP) is 2.29. The van der Waals surface area contributed by atoms with Gasteiger partial charge in [0.2, 0.25) is 0 Å². The average Bonchev–Trinajstić information content (AvgIpc) is 3.08. The Balaban J connectivity index is 1.49. The molecule has 4 unspecified atom stereocenters. The maximum atomic E-state index is 5.47. The number of hydrogen-bond donors (Lipinski definition) is 1. The summed E-state index contributed by atoms with van der Waals surface area (Å²) in [6.45, 7) is 12.1. The van der Waals surface area contributed by atoms with Crippen molar-refractivity contribution in [2.45, 2.75) is 45.2 Å². The molecule has 114 valence electrons. The molecular weight excluding hydrogens is 248 g/mol. The van der Waals surface area contributed by atoms with E-state index in [4.69, 9.17) is 4.74 Å². The minimum absolute atomic E-state index is 0.228. The van der Waals surface area contributed by atoms with Crippen molar-refractivity contribution in [2.24, 2.45) is 17.8 Å². The van der Waals surface area contributed by atoms with Crippen LogP contribution in [0.5, 0.6) is 0 Å². The lowest BCUT2D eigenvalue weighted by molar-refractivity contribution is -0.0108. The zero-order valence-electron chi connectivity index (χ0n) is 13.3. The van der Waals surface area contributed by atoms with Crippen molar-refractivity contribution < 1.29 is 4.74 Å². The van der Waals surface area contributed by atoms with E-state index in [1.807, 2.05) is 0 Å². The van der Waals surface area contributed by atoms with Crippen LogP contribution in [0.25, 0.3) is 0 Å². The fourth-order valence-corrected chi connectivity index (χ4v) is 4.24. The Bertz CT molecular complexity index is 360. The van der Waals surface area contributed by atoms with Gasteiger partial charge in [-0.3, -0.25) is 4.90 Å². The molecule has 1 heterocycles. The van der Waals surface area contributed by atoms with Crippen LogP contribution in [0, 0.1) is 17.8 Å². The van der Waals surface area contributed by atoms with Crippen LogP contribution in [0.1, 0.15) is 33.6 Å². The normalized spacial score (nSPS) is 35.6. The van der Waals surface area contributed by atoms with Gasteiger partial charge in [0, 0.05) is 31.2 Å². The summed E-state index contributed by atoms with van der Waals surface area (Å²) in [4.78, 5) is 2.57. The number of rotatable bonds is 5. The van der Waals surface area contributed by atoms with Crippen LogP contribution in [-0.2, 0) is 4.74 Å². The van der Waals surface area contributed by atoms with Crippen LogP contribution < -0.4 is 5.32 Å². The van der Waals surface area contributed by atoms with Gasteiger partial charge >= 0.3 is 0 Å². The van der Waals surface area contributed by atoms with Crippen molar-refractivity contribution in [3.05, 3.63) is 12.2 Å². The van der Waals surface area contributed by atoms with Crippen LogP contribution in [0.4, 0.5) is 0 Å². The van der Waals surface area contributed by atoms with Gasteiger partial charge < -0.3 is 10.1 Å². The second-order valence-corrected chi connectivity index (χ2v) is 7.53. The second kappa shape index (κ2) is 5.78. The SMILES string of the molecule is CC(NCC(C)(C)N1CCOCC1)C1CC2C=CC1C2. The van der Waals surface area contributed by atoms with Gasteiger partial charge in [0.1, 0.15) is 0 Å². The summed E-state index contributed by atoms with van der Waals surface area (Å²) in [5.74, 6) is 2.57. The van der Waals surface area contributed by atoms with Gasteiger partial charge in [-0.05, 0) is 51.4 Å². The van der Waals surface area contributed by atoms with Gasteiger partial charge in [-0.25, -0.2) is 0 Å². The highest BCUT2D eigenvalue weighted by molar-refractivity contribution is 5.11. The van der Waals surface area contributed by atoms with E-state index in [0.29, 0.717) is 6.04 Å². The predicted molar refractivity (Wildman–Crippen MR) is 82.8 cm³/mol. The Morgan fingerprint density at radius 1 is 1.25 bits per heavy atom. The molecule has 0 amide bonds. The monoisotopic (exact) mass is 278 g/mol. The summed E-state index contributed by atoms with van der Waals surface area (Å²) < 4.78 is 5.47. The summed E-state index contributed by atoms with van der Waals surface area (Å²) >= 11 is 0. The number of hydrogen-bond acceptors (Lipinski definition) is 3. The van der Waals surface area contributed by atoms with Crippen LogP contribution in [0.3, 0.4) is 0 Å². The third-order valence-corrected chi connectivity index (χ3v) is 5.70. The van der Waals surface area contributed by atoms with Crippen LogP contribution >= 0.6 is 0 Å². The van der Waals surface area contributed by atoms with Crippen LogP contribution in [-0.4, -0.2) is 49.3 Å². The highest BCUT2D eigenvalue weighted by Gasteiger charge is 2.39. The molecule has 1 aliphatic heterocycles. The lowest BCUT2D eigenvalue weighted by atomic mass is 9.87. The molecule has 0 aromatic heterocycles. The number of fused-ring (bicyclic) bond motifs is 2. The summed E-state index contributed by atoms with van der Waals surface area (Å²) in [6.07, 6.45) is 7.70. The Morgan fingerprint density at radius 2 is 2.00 bits per heavy atom. The highest BCUT2D eigenvalue weighted by Crippen LogP contribution is 2.44. The molecule has 3 rings (SSSR count). The summed E-state index contributed by atoms with van der Waals surface area (Å²) in [5, 5.41) is 3.83. The molecule has 1 N–H and O–H groups in total. The minimum atomic E-state index is 0.228. The summed E-state index contributed by atoms with van der Waals surface area (Å²) in [7, 11) is 0. The number of allylic oxidation sites excluding steroid dienone is 2. The van der Waals surface area contributed by atoms with Crippen molar-refractivity contribution in [1.82, 2.24) is 10.2 Å². The van der Waals surface area contributed by atoms with Gasteiger partial charge in [0.25, 0.3) is 0 Å². The van der Waals surface area contributed by atoms with Crippen molar-refractivity contribution >= 4 is 0 Å². The fraction of sp³-hybridized carbons (Fsp3) is 0.882. The quantitative estimate of drug-likeness (QED) is 0.781. The zero-order valence-corrected chi connectivity index (χ0v) is 13.3. The molecule has 0 spiro atoms. The number of nitrogens with one attached hydrogen (secondary N) is 1. The van der Waals surface area contributed by atoms with Crippen molar-refractivity contribution in [3.8, 4) is 0 Å². The topological polar surface area (TPSA) is 24.5 Å². The van der Waals surface area contributed by atoms with E-state index in [1.165, 1.54) is 12.8 Å². The lowest BCUT2D eigenvalue weighted by Crippen LogP contribution is -2.56. The Labute approximate surface area is 123 Å². The van der Waals surface area contributed by atoms with Crippen molar-refractivity contribution in [3.63, 3.8) is 0 Å². The number of morpholine rings is 1. The van der Waals surface area contributed by atoms with Crippen molar-refractivity contribution in [2.75, 3.05) is 32.8 Å². The van der Waals surface area contributed by atoms with E-state index in [9.17, 15) is 0 Å². The van der Waals surface area contributed by atoms with Crippen LogP contribution in [0.15, 0.2) is 12.2 Å². The molecule has 2 fully saturated rings. The van der Waals surface area contributed by atoms with Crippen LogP contribution in [0.2, 0.25) is 0 Å². The van der Waals surface area contributed by atoms with E-state index in [-0.39, 0.29) is 5.54 Å². The first-order valence-corrected chi connectivity index (χ1v) is 8.31. The van der Waals surface area contributed by atoms with E-state index >= 15 is 0 Å². The minimum Gasteiger partial charge on any atom is -0.379 e. The molecule has 3 nitrogen and oxygen atoms in total. The smallest absolute Gasteiger partial charge is 0.0594 e. The van der Waals surface area contributed by atoms with Crippen molar-refractivity contribution in [1.29, 1.82) is 0 Å². The first kappa shape index (κ1) is 14.6. The Hall–Kier alpha value is -0.380. The average molecular weight is 278 g/mol. The third-order valence-electron chi connectivity index (χ3n) is 5.70. The first-order valence-electron chi connectivity index (χ1n) is 8.31. The third kappa shape index (κ3) is 2.95. The fourth-order valence-electron chi connectivity index (χ4n) is 4.24. The van der Waals surface area contributed by atoms with E-state index < -0.39 is 0 Å². The molecule has 0 aromatic rings. The maximum absolute atomic E-state index is 5.47. The number of nitrogens with zero attached hydrogens (tertiary/aromatic N) is 1. The summed E-state index contributed by atoms with van der Waals surface area (Å²) in [6, 6.07) is 0.635. The highest BCUT2D eigenvalue weighted by atomic mass is 16.5. The molecule has 1 saturated carbocycles. The summed E-state index contributed by atoms with van der Waals surface area (Å²) in [5.41, 5.74) is 0.228. The maximum Gasteiger partial charge on any atom is 0.0594 e. The van der Waals surface area contributed by atoms with Gasteiger partial charge in [-0.15, -0.1) is 0 Å². The zero-order chi connectivity index (χ0) is 14.2.